The maximum absolute atomic E-state index is 11.1. The van der Waals surface area contributed by atoms with Gasteiger partial charge in [-0.15, -0.1) is 11.8 Å². The molecule has 1 atom stereocenters. The number of carbonyl (C=O) groups excluding carboxylic acids is 1. The van der Waals surface area contributed by atoms with E-state index in [9.17, 15) is 9.90 Å². The minimum absolute atomic E-state index is 0.00206. The van der Waals surface area contributed by atoms with Crippen LogP contribution in [0, 0.1) is 0 Å². The number of hydrogen-bond acceptors (Lipinski definition) is 3. The molecule has 0 bridgehead atoms. The average molecular weight is 417 g/mol. The second-order valence-electron chi connectivity index (χ2n) is 7.32. The Balaban J connectivity index is 1.92. The van der Waals surface area contributed by atoms with Crippen LogP contribution in [0.3, 0.4) is 0 Å². The van der Waals surface area contributed by atoms with Crippen molar-refractivity contribution in [1.29, 1.82) is 0 Å². The van der Waals surface area contributed by atoms with Crippen molar-refractivity contribution in [3.63, 3.8) is 0 Å². The first-order chi connectivity index (χ1) is 14.6. The Morgan fingerprint density at radius 2 is 1.30 bits per heavy atom. The monoisotopic (exact) mass is 416 g/mol. The van der Waals surface area contributed by atoms with Crippen molar-refractivity contribution in [2.24, 2.45) is 0 Å². The number of hydrogen-bond donors (Lipinski definition) is 1. The number of carbonyl (C=O) groups is 1. The average Bonchev–Trinajstić information content (AvgIpc) is 2.78. The summed E-state index contributed by atoms with van der Waals surface area (Å²) in [6.45, 7) is 1.50. The minimum Gasteiger partial charge on any atom is -0.389 e. The topological polar surface area (TPSA) is 37.3 Å². The highest BCUT2D eigenvalue weighted by molar-refractivity contribution is 8.00. The lowest BCUT2D eigenvalue weighted by Crippen LogP contribution is -2.26. The number of thioether (sulfide) groups is 1. The molecule has 0 radical (unpaired) electrons. The molecule has 0 fully saturated rings. The fourth-order valence-corrected chi connectivity index (χ4v) is 5.13. The lowest BCUT2D eigenvalue weighted by molar-refractivity contribution is -0.118. The third kappa shape index (κ3) is 5.50. The fraction of sp³-hybridized carbons (Fsp3) is 0.222. The van der Waals surface area contributed by atoms with Crippen molar-refractivity contribution in [1.82, 2.24) is 0 Å². The van der Waals surface area contributed by atoms with Crippen molar-refractivity contribution in [3.05, 3.63) is 120 Å². The first-order valence-electron chi connectivity index (χ1n) is 10.3. The van der Waals surface area contributed by atoms with Crippen LogP contribution >= 0.6 is 11.8 Å². The van der Waals surface area contributed by atoms with Gasteiger partial charge in [-0.1, -0.05) is 103 Å². The number of benzene rings is 3. The molecule has 0 saturated carbocycles. The summed E-state index contributed by atoms with van der Waals surface area (Å²) in [6.07, 6.45) is 4.00. The first-order valence-corrected chi connectivity index (χ1v) is 11.3. The molecule has 2 nitrogen and oxygen atoms in total. The van der Waals surface area contributed by atoms with E-state index in [-0.39, 0.29) is 17.0 Å². The Kier molecular flexibility index (Phi) is 8.06. The minimum atomic E-state index is -0.699. The number of Topliss-reactive ketones (excluding diaryl/α,β-unsaturated/α-hetero) is 1. The SMILES string of the molecule is CC(=O)C[C@@H](O)/C=C/CCSC(c1ccccc1)(c1ccccc1)c1ccccc1. The van der Waals surface area contributed by atoms with Crippen LogP contribution in [0.25, 0.3) is 0 Å². The molecule has 0 heterocycles. The fourth-order valence-electron chi connectivity index (χ4n) is 3.66. The Bertz CT molecular complexity index is 840. The molecule has 3 heteroatoms. The zero-order chi connectivity index (χ0) is 21.2. The van der Waals surface area contributed by atoms with E-state index in [1.165, 1.54) is 23.6 Å². The van der Waals surface area contributed by atoms with Crippen LogP contribution in [0.4, 0.5) is 0 Å². The predicted molar refractivity (Wildman–Crippen MR) is 127 cm³/mol. The highest BCUT2D eigenvalue weighted by Crippen LogP contribution is 2.48. The molecule has 0 saturated heterocycles. The normalized spacial score (nSPS) is 12.7. The van der Waals surface area contributed by atoms with Gasteiger partial charge in [0.1, 0.15) is 5.78 Å². The third-order valence-electron chi connectivity index (χ3n) is 5.00. The van der Waals surface area contributed by atoms with E-state index < -0.39 is 6.10 Å². The van der Waals surface area contributed by atoms with Crippen LogP contribution in [0.1, 0.15) is 36.5 Å². The summed E-state index contributed by atoms with van der Waals surface area (Å²) in [6, 6.07) is 31.9. The van der Waals surface area contributed by atoms with Gasteiger partial charge in [0.25, 0.3) is 0 Å². The molecule has 3 aromatic carbocycles. The largest absolute Gasteiger partial charge is 0.389 e. The predicted octanol–water partition coefficient (Wildman–Crippen LogP) is 6.00. The van der Waals surface area contributed by atoms with Crippen molar-refractivity contribution in [2.45, 2.75) is 30.6 Å². The van der Waals surface area contributed by atoms with Crippen LogP contribution in [0.5, 0.6) is 0 Å². The van der Waals surface area contributed by atoms with Crippen LogP contribution in [0.2, 0.25) is 0 Å². The molecule has 0 aromatic heterocycles. The van der Waals surface area contributed by atoms with Crippen molar-refractivity contribution < 1.29 is 9.90 Å². The zero-order valence-electron chi connectivity index (χ0n) is 17.3. The second kappa shape index (κ2) is 11.0. The van der Waals surface area contributed by atoms with Gasteiger partial charge in [0.15, 0.2) is 0 Å². The molecule has 0 aliphatic heterocycles. The van der Waals surface area contributed by atoms with Gasteiger partial charge in [-0.3, -0.25) is 4.79 Å². The maximum Gasteiger partial charge on any atom is 0.132 e. The summed E-state index contributed by atoms with van der Waals surface area (Å²) in [5, 5.41) is 9.90. The standard InChI is InChI=1S/C27H28O2S/c1-22(28)21-26(29)19-11-12-20-30-27(23-13-5-2-6-14-23,24-15-7-3-8-16-24)25-17-9-4-10-18-25/h2-11,13-19,26,29H,12,20-21H2,1H3/b19-11+/t26-/m0/s1. The molecule has 3 rings (SSSR count). The Hall–Kier alpha value is -2.62. The lowest BCUT2D eigenvalue weighted by atomic mass is 9.84. The molecule has 154 valence electrons. The molecule has 3 aromatic rings. The molecule has 1 N–H and O–H groups in total. The van der Waals surface area contributed by atoms with E-state index in [0.717, 1.165) is 12.2 Å². The Labute approximate surface area is 183 Å². The number of rotatable bonds is 10. The number of allylic oxidation sites excluding steroid dienone is 1. The van der Waals surface area contributed by atoms with Gasteiger partial charge >= 0.3 is 0 Å². The summed E-state index contributed by atoms with van der Waals surface area (Å²) in [5.41, 5.74) is 3.73. The first kappa shape index (κ1) is 22.1. The summed E-state index contributed by atoms with van der Waals surface area (Å²) in [4.78, 5) is 11.1. The molecule has 0 spiro atoms. The molecule has 0 unspecified atom stereocenters. The summed E-state index contributed by atoms with van der Waals surface area (Å²) in [5.74, 6) is 0.875. The third-order valence-corrected chi connectivity index (χ3v) is 6.58. The van der Waals surface area contributed by atoms with Gasteiger partial charge in [0.05, 0.1) is 10.9 Å². The van der Waals surface area contributed by atoms with Crippen molar-refractivity contribution in [3.8, 4) is 0 Å². The van der Waals surface area contributed by atoms with Gasteiger partial charge in [-0.25, -0.2) is 0 Å². The van der Waals surface area contributed by atoms with E-state index in [0.29, 0.717) is 0 Å². The smallest absolute Gasteiger partial charge is 0.132 e. The van der Waals surface area contributed by atoms with E-state index in [1.807, 2.05) is 36.0 Å². The maximum atomic E-state index is 11.1. The number of aliphatic hydroxyl groups excluding tert-OH is 1. The summed E-state index contributed by atoms with van der Waals surface area (Å²) >= 11 is 1.89. The molecular weight excluding hydrogens is 388 g/mol. The molecule has 0 aliphatic carbocycles. The molecule has 0 amide bonds. The van der Waals surface area contributed by atoms with Crippen LogP contribution in [-0.2, 0) is 9.54 Å². The summed E-state index contributed by atoms with van der Waals surface area (Å²) in [7, 11) is 0. The summed E-state index contributed by atoms with van der Waals surface area (Å²) < 4.78 is -0.324. The van der Waals surface area contributed by atoms with Gasteiger partial charge in [-0.05, 0) is 35.8 Å². The van der Waals surface area contributed by atoms with Crippen LogP contribution in [-0.4, -0.2) is 22.7 Å². The van der Waals surface area contributed by atoms with Crippen molar-refractivity contribution in [2.75, 3.05) is 5.75 Å². The van der Waals surface area contributed by atoms with Crippen molar-refractivity contribution >= 4 is 17.5 Å². The quantitative estimate of drug-likeness (QED) is 0.250. The second-order valence-corrected chi connectivity index (χ2v) is 8.63. The Morgan fingerprint density at radius 1 is 0.867 bits per heavy atom. The van der Waals surface area contributed by atoms with E-state index in [2.05, 4.69) is 72.8 Å². The number of ketones is 1. The lowest BCUT2D eigenvalue weighted by Gasteiger charge is -2.35. The van der Waals surface area contributed by atoms with E-state index in [1.54, 1.807) is 6.08 Å². The zero-order valence-corrected chi connectivity index (χ0v) is 18.1. The van der Waals surface area contributed by atoms with E-state index in [4.69, 9.17) is 0 Å². The number of aliphatic hydroxyl groups is 1. The van der Waals surface area contributed by atoms with Crippen LogP contribution in [0.15, 0.2) is 103 Å². The van der Waals surface area contributed by atoms with Crippen LogP contribution < -0.4 is 0 Å². The highest BCUT2D eigenvalue weighted by atomic mass is 32.2. The van der Waals surface area contributed by atoms with Gasteiger partial charge in [0, 0.05) is 6.42 Å². The van der Waals surface area contributed by atoms with Gasteiger partial charge < -0.3 is 5.11 Å². The van der Waals surface area contributed by atoms with Gasteiger partial charge in [-0.2, -0.15) is 0 Å². The highest BCUT2D eigenvalue weighted by Gasteiger charge is 2.36. The van der Waals surface area contributed by atoms with Gasteiger partial charge in [0.2, 0.25) is 0 Å². The molecular formula is C27H28O2S. The Morgan fingerprint density at radius 3 is 1.70 bits per heavy atom. The molecule has 30 heavy (non-hydrogen) atoms. The van der Waals surface area contributed by atoms with E-state index >= 15 is 0 Å². The molecule has 0 aliphatic rings.